The van der Waals surface area contributed by atoms with Crippen LogP contribution in [0.4, 0.5) is 0 Å². The van der Waals surface area contributed by atoms with Gasteiger partial charge in [0, 0.05) is 17.0 Å². The molecule has 1 unspecified atom stereocenters. The summed E-state index contributed by atoms with van der Waals surface area (Å²) in [4.78, 5) is 0. The van der Waals surface area contributed by atoms with Gasteiger partial charge < -0.3 is 10.2 Å². The number of allylic oxidation sites excluding steroid dienone is 1. The van der Waals surface area contributed by atoms with Crippen molar-refractivity contribution < 1.29 is 10.2 Å². The molecule has 0 heterocycles. The van der Waals surface area contributed by atoms with Crippen LogP contribution in [0.2, 0.25) is 0 Å². The van der Waals surface area contributed by atoms with Gasteiger partial charge in [-0.2, -0.15) is 0 Å². The molecule has 0 aromatic heterocycles. The third-order valence-electron chi connectivity index (χ3n) is 4.98. The lowest BCUT2D eigenvalue weighted by Gasteiger charge is -2.27. The van der Waals surface area contributed by atoms with Crippen molar-refractivity contribution in [1.29, 1.82) is 0 Å². The predicted molar refractivity (Wildman–Crippen MR) is 110 cm³/mol. The first-order chi connectivity index (χ1) is 12.1. The average Bonchev–Trinajstić information content (AvgIpc) is 2.53. The van der Waals surface area contributed by atoms with Gasteiger partial charge in [-0.15, -0.1) is 6.58 Å². The van der Waals surface area contributed by atoms with Crippen molar-refractivity contribution in [2.24, 2.45) is 0 Å². The zero-order valence-corrected chi connectivity index (χ0v) is 17.0. The van der Waals surface area contributed by atoms with Crippen molar-refractivity contribution in [2.45, 2.75) is 65.7 Å². The third kappa shape index (κ3) is 4.12. The molecule has 0 aliphatic carbocycles. The van der Waals surface area contributed by atoms with Gasteiger partial charge in [0.1, 0.15) is 11.5 Å². The van der Waals surface area contributed by atoms with E-state index < -0.39 is 0 Å². The maximum Gasteiger partial charge on any atom is 0.123 e. The van der Waals surface area contributed by atoms with Gasteiger partial charge in [-0.05, 0) is 50.2 Å². The summed E-state index contributed by atoms with van der Waals surface area (Å²) in [6.07, 6.45) is 3.50. The maximum atomic E-state index is 11.1. The van der Waals surface area contributed by atoms with Crippen LogP contribution in [0.25, 0.3) is 0 Å². The molecule has 0 bridgehead atoms. The minimum atomic E-state index is -0.154. The molecule has 0 saturated heterocycles. The van der Waals surface area contributed by atoms with Crippen LogP contribution in [-0.2, 0) is 5.41 Å². The van der Waals surface area contributed by atoms with Gasteiger partial charge in [0.05, 0.1) is 0 Å². The lowest BCUT2D eigenvalue weighted by molar-refractivity contribution is 0.431. The van der Waals surface area contributed by atoms with Crippen molar-refractivity contribution in [1.82, 2.24) is 0 Å². The molecule has 0 aliphatic heterocycles. The highest BCUT2D eigenvalue weighted by atomic mass is 16.3. The van der Waals surface area contributed by atoms with E-state index >= 15 is 0 Å². The van der Waals surface area contributed by atoms with E-state index in [2.05, 4.69) is 46.4 Å². The molecule has 0 fully saturated rings. The molecule has 0 spiro atoms. The van der Waals surface area contributed by atoms with Gasteiger partial charge in [-0.25, -0.2) is 0 Å². The molecule has 2 heteroatoms. The highest BCUT2D eigenvalue weighted by molar-refractivity contribution is 5.54. The van der Waals surface area contributed by atoms with Crippen molar-refractivity contribution in [3.8, 4) is 11.5 Å². The number of aryl methyl sites for hydroxylation is 3. The molecule has 2 aromatic rings. The van der Waals surface area contributed by atoms with Crippen LogP contribution >= 0.6 is 0 Å². The number of hydrogen-bond donors (Lipinski definition) is 2. The van der Waals surface area contributed by atoms with Crippen molar-refractivity contribution in [3.05, 3.63) is 70.3 Å². The monoisotopic (exact) mass is 352 g/mol. The first-order valence-corrected chi connectivity index (χ1v) is 9.31. The second kappa shape index (κ2) is 7.57. The number of phenolic OH excluding ortho intramolecular Hbond substituents is 2. The summed E-state index contributed by atoms with van der Waals surface area (Å²) in [5.74, 6) is 0.589. The summed E-state index contributed by atoms with van der Waals surface area (Å²) >= 11 is 0. The van der Waals surface area contributed by atoms with Crippen LogP contribution in [0.1, 0.15) is 72.9 Å². The first kappa shape index (κ1) is 20.1. The van der Waals surface area contributed by atoms with Gasteiger partial charge in [-0.1, -0.05) is 62.2 Å². The zero-order valence-electron chi connectivity index (χ0n) is 17.0. The van der Waals surface area contributed by atoms with Crippen LogP contribution in [0.5, 0.6) is 11.5 Å². The Labute approximate surface area is 158 Å². The van der Waals surface area contributed by atoms with E-state index in [1.165, 1.54) is 0 Å². The second-order valence-corrected chi connectivity index (χ2v) is 8.44. The van der Waals surface area contributed by atoms with Gasteiger partial charge in [0.15, 0.2) is 0 Å². The SMILES string of the molecule is C=CCCC(c1cc(C)cc(C)c1O)c1cc(C)cc(C(C)(C)C)c1O. The Balaban J connectivity index is 2.73. The van der Waals surface area contributed by atoms with E-state index in [0.717, 1.165) is 46.2 Å². The van der Waals surface area contributed by atoms with E-state index in [1.807, 2.05) is 32.1 Å². The van der Waals surface area contributed by atoms with E-state index in [-0.39, 0.29) is 11.3 Å². The molecule has 0 aliphatic rings. The molecular formula is C24H32O2. The molecule has 1 atom stereocenters. The van der Waals surface area contributed by atoms with E-state index in [1.54, 1.807) is 0 Å². The fraction of sp³-hybridized carbons (Fsp3) is 0.417. The van der Waals surface area contributed by atoms with Crippen LogP contribution in [0.15, 0.2) is 36.9 Å². The lowest BCUT2D eigenvalue weighted by Crippen LogP contribution is -2.14. The molecule has 26 heavy (non-hydrogen) atoms. The molecule has 2 rings (SSSR count). The molecule has 0 amide bonds. The summed E-state index contributed by atoms with van der Waals surface area (Å²) in [7, 11) is 0. The Morgan fingerprint density at radius 2 is 1.46 bits per heavy atom. The van der Waals surface area contributed by atoms with Crippen LogP contribution in [0, 0.1) is 20.8 Å². The minimum Gasteiger partial charge on any atom is -0.507 e. The topological polar surface area (TPSA) is 40.5 Å². The lowest BCUT2D eigenvalue weighted by atomic mass is 9.79. The minimum absolute atomic E-state index is 0.0763. The van der Waals surface area contributed by atoms with E-state index in [9.17, 15) is 10.2 Å². The standard InChI is InChI=1S/C24H32O2/c1-8-9-10-18(19-12-15(2)11-17(4)22(19)25)20-13-16(3)14-21(23(20)26)24(5,6)7/h8,11-14,18,25-26H,1,9-10H2,2-7H3. The summed E-state index contributed by atoms with van der Waals surface area (Å²) in [6, 6.07) is 8.13. The number of rotatable bonds is 5. The largest absolute Gasteiger partial charge is 0.507 e. The van der Waals surface area contributed by atoms with Crippen molar-refractivity contribution in [2.75, 3.05) is 0 Å². The smallest absolute Gasteiger partial charge is 0.123 e. The average molecular weight is 353 g/mol. The third-order valence-corrected chi connectivity index (χ3v) is 4.98. The van der Waals surface area contributed by atoms with E-state index in [4.69, 9.17) is 0 Å². The summed E-state index contributed by atoms with van der Waals surface area (Å²) in [6.45, 7) is 16.2. The quantitative estimate of drug-likeness (QED) is 0.610. The maximum absolute atomic E-state index is 11.1. The Kier molecular flexibility index (Phi) is 5.85. The highest BCUT2D eigenvalue weighted by Crippen LogP contribution is 2.44. The van der Waals surface area contributed by atoms with Gasteiger partial charge in [0.2, 0.25) is 0 Å². The van der Waals surface area contributed by atoms with Gasteiger partial charge in [0.25, 0.3) is 0 Å². The van der Waals surface area contributed by atoms with Crippen LogP contribution in [-0.4, -0.2) is 10.2 Å². The molecule has 2 N–H and O–H groups in total. The molecule has 2 nitrogen and oxygen atoms in total. The predicted octanol–water partition coefficient (Wildman–Crippen LogP) is 6.42. The molecule has 0 saturated carbocycles. The Bertz CT molecular complexity index is 810. The number of phenols is 2. The van der Waals surface area contributed by atoms with Gasteiger partial charge in [-0.3, -0.25) is 0 Å². The van der Waals surface area contributed by atoms with Crippen LogP contribution < -0.4 is 0 Å². The van der Waals surface area contributed by atoms with Crippen molar-refractivity contribution >= 4 is 0 Å². The fourth-order valence-corrected chi connectivity index (χ4v) is 3.67. The fourth-order valence-electron chi connectivity index (χ4n) is 3.67. The number of hydrogen-bond acceptors (Lipinski definition) is 2. The normalized spacial score (nSPS) is 12.8. The Hall–Kier alpha value is -2.22. The summed E-state index contributed by atoms with van der Waals surface area (Å²) in [5.41, 5.74) is 5.66. The first-order valence-electron chi connectivity index (χ1n) is 9.31. The number of aromatic hydroxyl groups is 2. The van der Waals surface area contributed by atoms with Crippen LogP contribution in [0.3, 0.4) is 0 Å². The summed E-state index contributed by atoms with van der Waals surface area (Å²) < 4.78 is 0. The van der Waals surface area contributed by atoms with Gasteiger partial charge >= 0.3 is 0 Å². The Morgan fingerprint density at radius 1 is 0.923 bits per heavy atom. The Morgan fingerprint density at radius 3 is 2.00 bits per heavy atom. The van der Waals surface area contributed by atoms with Crippen molar-refractivity contribution in [3.63, 3.8) is 0 Å². The highest BCUT2D eigenvalue weighted by Gasteiger charge is 2.27. The van der Waals surface area contributed by atoms with E-state index in [0.29, 0.717) is 11.5 Å². The molecule has 140 valence electrons. The molecule has 0 radical (unpaired) electrons. The second-order valence-electron chi connectivity index (χ2n) is 8.44. The molecular weight excluding hydrogens is 320 g/mol. The summed E-state index contributed by atoms with van der Waals surface area (Å²) in [5, 5.41) is 21.8. The number of benzene rings is 2. The molecule has 2 aromatic carbocycles. The zero-order chi connectivity index (χ0) is 19.6.